The molecule has 0 atom stereocenters. The lowest BCUT2D eigenvalue weighted by Gasteiger charge is -2.16. The van der Waals surface area contributed by atoms with Crippen molar-refractivity contribution in [1.82, 2.24) is 60.4 Å². The third-order valence-electron chi connectivity index (χ3n) is 7.41. The summed E-state index contributed by atoms with van der Waals surface area (Å²) in [5.41, 5.74) is -6.63. The van der Waals surface area contributed by atoms with E-state index in [1.165, 1.54) is 20.8 Å². The molecule has 1 N–H and O–H groups in total. The Balaban J connectivity index is 0.000000918. The summed E-state index contributed by atoms with van der Waals surface area (Å²) in [5, 5.41) is 26.8. The maximum Gasteiger partial charge on any atom is 0.361 e. The molecule has 4 rings (SSSR count). The van der Waals surface area contributed by atoms with Crippen LogP contribution in [-0.4, -0.2) is 129 Å². The van der Waals surface area contributed by atoms with Crippen LogP contribution in [0.5, 0.6) is 0 Å². The summed E-state index contributed by atoms with van der Waals surface area (Å²) >= 11 is 5.20. The van der Waals surface area contributed by atoms with Gasteiger partial charge in [0.2, 0.25) is 5.78 Å². The van der Waals surface area contributed by atoms with Gasteiger partial charge >= 0.3 is 42.9 Å². The Kier molecular flexibility index (Phi) is 29.7. The van der Waals surface area contributed by atoms with Crippen LogP contribution >= 0.6 is 11.6 Å². The number of alkyl halides is 15. The molecule has 23 nitrogen and oxygen atoms in total. The number of aromatic amines is 1. The number of halogens is 15. The zero-order valence-electron chi connectivity index (χ0n) is 39.1. The number of H-pyrrole nitrogens is 1. The van der Waals surface area contributed by atoms with Crippen molar-refractivity contribution >= 4 is 47.2 Å². The number of carbonyl (C=O) groups is 6. The lowest BCUT2D eigenvalue weighted by molar-refractivity contribution is -0.157. The van der Waals surface area contributed by atoms with Gasteiger partial charge < -0.3 is 23.7 Å². The van der Waals surface area contributed by atoms with Crippen molar-refractivity contribution < 1.29 is 114 Å². The van der Waals surface area contributed by atoms with Crippen molar-refractivity contribution in [3.05, 3.63) is 45.6 Å². The number of nitrogens with zero attached hydrogens (tertiary/aromatic N) is 11. The molecule has 0 unspecified atom stereocenters. The number of esters is 5. The zero-order chi connectivity index (χ0) is 57.2. The molecule has 4 aromatic rings. The van der Waals surface area contributed by atoms with Crippen molar-refractivity contribution in [2.24, 2.45) is 5.41 Å². The Morgan fingerprint density at radius 1 is 0.554 bits per heavy atom. The average Bonchev–Trinajstić information content (AvgIpc) is 4.14. The number of ether oxygens (including phenoxy) is 5. The van der Waals surface area contributed by atoms with Crippen LogP contribution in [0.2, 0.25) is 0 Å². The van der Waals surface area contributed by atoms with Crippen molar-refractivity contribution in [2.75, 3.05) is 26.4 Å². The quantitative estimate of drug-likeness (QED) is 0.0308. The number of nitrogens with one attached hydrogen (secondary N) is 1. The van der Waals surface area contributed by atoms with E-state index >= 15 is 0 Å². The Labute approximate surface area is 411 Å². The lowest BCUT2D eigenvalue weighted by Crippen LogP contribution is -2.25. The molecule has 0 aliphatic rings. The standard InChI is InChI=1S/C12H17F2N3O4.C7H7F4N3O2.C6H7F2N3O2.C6H8F2O3.C5H4ClF4N3/c1-5-20-10(18)7-8(9(13)14)17(16-15-7)6-21-11(19)12(2,3)4;1-2-16-6(15)3-4(5(8)9)14(7(10)11)13-12-3;1-2-13-6(12)4-3(5(7)8)9-11-10-4;1-2-11-5(10)3-4(9)6(7)8;6-1-2-3(4(7)8)13(5(9)10)12-11-2/h9H,5-6H2,1-4H3;5,7H,2H2,1H3;5H,2H2,1H3,(H,9,10,11);6H,2-3H2,1H3;4-5H,1H2. The number of hydrogen-bond donors (Lipinski definition) is 1. The Bertz CT molecular complexity index is 2380. The first-order chi connectivity index (χ1) is 34.5. The van der Waals surface area contributed by atoms with Crippen LogP contribution in [0.4, 0.5) is 61.5 Å². The van der Waals surface area contributed by atoms with Crippen LogP contribution in [-0.2, 0) is 50.7 Å². The second-order valence-electron chi connectivity index (χ2n) is 13.6. The van der Waals surface area contributed by atoms with Gasteiger partial charge in [0.25, 0.3) is 32.1 Å². The summed E-state index contributed by atoms with van der Waals surface area (Å²) in [7, 11) is 0. The van der Waals surface area contributed by atoms with E-state index in [2.05, 4.69) is 60.1 Å². The first-order valence-corrected chi connectivity index (χ1v) is 20.6. The third kappa shape index (κ3) is 21.5. The van der Waals surface area contributed by atoms with E-state index in [0.29, 0.717) is 4.68 Å². The van der Waals surface area contributed by atoms with Crippen molar-refractivity contribution in [1.29, 1.82) is 0 Å². The maximum absolute atomic E-state index is 13.0. The van der Waals surface area contributed by atoms with Crippen molar-refractivity contribution in [3.63, 3.8) is 0 Å². The molecule has 0 radical (unpaired) electrons. The molecule has 0 aromatic carbocycles. The van der Waals surface area contributed by atoms with Gasteiger partial charge in [0, 0.05) is 0 Å². The maximum atomic E-state index is 13.0. The number of ketones is 1. The highest BCUT2D eigenvalue weighted by Crippen LogP contribution is 2.28. The van der Waals surface area contributed by atoms with Gasteiger partial charge in [-0.1, -0.05) is 15.6 Å². The van der Waals surface area contributed by atoms with E-state index in [1.807, 2.05) is 5.21 Å². The number of rotatable bonds is 19. The number of hydrogen-bond acceptors (Lipinski definition) is 19. The van der Waals surface area contributed by atoms with Gasteiger partial charge in [-0.15, -0.1) is 32.0 Å². The van der Waals surface area contributed by atoms with E-state index < -0.39 is 139 Å². The van der Waals surface area contributed by atoms with Gasteiger partial charge in [0.1, 0.15) is 29.2 Å². The molecule has 0 amide bonds. The molecule has 0 aliphatic carbocycles. The monoisotopic (exact) mass is 1120 g/mol. The molecule has 0 aliphatic heterocycles. The molecule has 0 bridgehead atoms. The van der Waals surface area contributed by atoms with Crippen LogP contribution < -0.4 is 0 Å². The van der Waals surface area contributed by atoms with Crippen LogP contribution in [0, 0.1) is 5.41 Å². The average molecular weight is 1120 g/mol. The fraction of sp³-hybridized carbons (Fsp3) is 0.611. The molecule has 418 valence electrons. The molecule has 0 saturated heterocycles. The Morgan fingerprint density at radius 2 is 0.986 bits per heavy atom. The minimum absolute atomic E-state index is 0.0212. The predicted octanol–water partition coefficient (Wildman–Crippen LogP) is 7.77. The normalized spacial score (nSPS) is 11.0. The second-order valence-corrected chi connectivity index (χ2v) is 13.9. The number of aromatic nitrogens is 12. The zero-order valence-corrected chi connectivity index (χ0v) is 39.8. The van der Waals surface area contributed by atoms with Gasteiger partial charge in [-0.25, -0.2) is 63.0 Å². The molecule has 4 heterocycles. The largest absolute Gasteiger partial charge is 0.466 e. The van der Waals surface area contributed by atoms with Crippen molar-refractivity contribution in [3.8, 4) is 0 Å². The van der Waals surface area contributed by atoms with Gasteiger partial charge in [-0.05, 0) is 48.5 Å². The summed E-state index contributed by atoms with van der Waals surface area (Å²) in [4.78, 5) is 65.7. The molecule has 0 fully saturated rings. The van der Waals surface area contributed by atoms with Crippen molar-refractivity contribution in [2.45, 2.75) is 113 Å². The molecular weight excluding hydrogens is 1080 g/mol. The highest BCUT2D eigenvalue weighted by Gasteiger charge is 2.32. The van der Waals surface area contributed by atoms with E-state index in [4.69, 9.17) is 16.3 Å². The van der Waals surface area contributed by atoms with E-state index in [9.17, 15) is 90.2 Å². The van der Waals surface area contributed by atoms with E-state index in [1.54, 1.807) is 27.7 Å². The van der Waals surface area contributed by atoms with Gasteiger partial charge in [0.05, 0.1) is 37.7 Å². The van der Waals surface area contributed by atoms with Gasteiger partial charge in [-0.2, -0.15) is 37.2 Å². The van der Waals surface area contributed by atoms with Crippen LogP contribution in [0.25, 0.3) is 0 Å². The summed E-state index contributed by atoms with van der Waals surface area (Å²) in [6.07, 6.45) is -16.1. The SMILES string of the molecule is CCOC(=O)CC(=O)C(F)F.CCOC(=O)c1n[nH]nc1C(F)F.CCOC(=O)c1nnn(C(F)F)c1C(F)F.CCOC(=O)c1nnn(COC(=O)C(C)(C)C)c1C(F)F.FC(F)c1c(CCl)nnn1C(F)F. The fourth-order valence-corrected chi connectivity index (χ4v) is 4.47. The summed E-state index contributed by atoms with van der Waals surface area (Å²) in [6, 6.07) is 0. The summed E-state index contributed by atoms with van der Waals surface area (Å²) in [6.45, 7) is 4.10. The fourth-order valence-electron chi connectivity index (χ4n) is 4.28. The highest BCUT2D eigenvalue weighted by atomic mass is 35.5. The van der Waals surface area contributed by atoms with Crippen LogP contribution in [0.15, 0.2) is 0 Å². The first-order valence-electron chi connectivity index (χ1n) is 20.1. The predicted molar refractivity (Wildman–Crippen MR) is 214 cm³/mol. The molecule has 4 aromatic heterocycles. The highest BCUT2D eigenvalue weighted by molar-refractivity contribution is 6.17. The van der Waals surface area contributed by atoms with E-state index in [-0.39, 0.29) is 47.4 Å². The molecule has 0 saturated carbocycles. The minimum atomic E-state index is -3.29. The minimum Gasteiger partial charge on any atom is -0.466 e. The number of Topliss-reactive ketones (excluding diaryl/α,β-unsaturated/α-hetero) is 1. The van der Waals surface area contributed by atoms with Crippen LogP contribution in [0.3, 0.4) is 0 Å². The molecule has 38 heteroatoms. The Hall–Kier alpha value is -7.11. The summed E-state index contributed by atoms with van der Waals surface area (Å²) in [5.74, 6) is -6.36. The van der Waals surface area contributed by atoms with Gasteiger partial charge in [-0.3, -0.25) is 14.4 Å². The summed E-state index contributed by atoms with van der Waals surface area (Å²) < 4.78 is 194. The lowest BCUT2D eigenvalue weighted by atomic mass is 9.98. The Morgan fingerprint density at radius 3 is 1.39 bits per heavy atom. The smallest absolute Gasteiger partial charge is 0.361 e. The second kappa shape index (κ2) is 32.9. The third-order valence-corrected chi connectivity index (χ3v) is 7.66. The van der Waals surface area contributed by atoms with E-state index in [0.717, 1.165) is 0 Å². The van der Waals surface area contributed by atoms with Gasteiger partial charge in [0.15, 0.2) is 29.5 Å². The molecular formula is C36H43ClF14N12O11. The van der Waals surface area contributed by atoms with Crippen LogP contribution in [0.1, 0.15) is 154 Å². The number of carbonyl (C=O) groups excluding carboxylic acids is 6. The first kappa shape index (κ1) is 66.9. The molecule has 74 heavy (non-hydrogen) atoms. The molecule has 0 spiro atoms. The topological polar surface area (TPSA) is 282 Å².